The highest BCUT2D eigenvalue weighted by atomic mass is 16.6. The number of fused-ring (bicyclic) bond motifs is 1. The van der Waals surface area contributed by atoms with Crippen molar-refractivity contribution < 1.29 is 4.74 Å². The molecule has 1 aliphatic carbocycles. The van der Waals surface area contributed by atoms with Gasteiger partial charge in [-0.05, 0) is 42.4 Å². The third-order valence-corrected chi connectivity index (χ3v) is 3.11. The second-order valence-corrected chi connectivity index (χ2v) is 4.01. The van der Waals surface area contributed by atoms with Crippen molar-refractivity contribution in [2.45, 2.75) is 31.8 Å². The van der Waals surface area contributed by atoms with Gasteiger partial charge >= 0.3 is 0 Å². The molecule has 13 heavy (non-hydrogen) atoms. The fourth-order valence-corrected chi connectivity index (χ4v) is 2.34. The maximum atomic E-state index is 5.36. The van der Waals surface area contributed by atoms with Crippen LogP contribution in [0.15, 0.2) is 18.2 Å². The van der Waals surface area contributed by atoms with Gasteiger partial charge in [0.25, 0.3) is 0 Å². The van der Waals surface area contributed by atoms with E-state index in [1.165, 1.54) is 31.2 Å². The van der Waals surface area contributed by atoms with E-state index in [2.05, 4.69) is 18.2 Å². The van der Waals surface area contributed by atoms with Crippen molar-refractivity contribution in [1.82, 2.24) is 0 Å². The number of epoxide rings is 1. The molecule has 1 saturated heterocycles. The van der Waals surface area contributed by atoms with Gasteiger partial charge in [-0.15, -0.1) is 0 Å². The molecular formula is C12H14O. The van der Waals surface area contributed by atoms with E-state index < -0.39 is 0 Å². The Hall–Kier alpha value is -0.820. The number of hydrogen-bond donors (Lipinski definition) is 0. The highest BCUT2D eigenvalue weighted by Crippen LogP contribution is 2.36. The molecule has 1 aliphatic heterocycles. The molecule has 0 spiro atoms. The standard InChI is InChI=1S/C12H14O/c1-2-6-10-9(4-1)5-3-7-11(10)12-8-13-12/h3,5,7,12H,1-2,4,6,8H2. The lowest BCUT2D eigenvalue weighted by atomic mass is 9.87. The van der Waals surface area contributed by atoms with Gasteiger partial charge in [0.05, 0.1) is 6.61 Å². The molecule has 1 aromatic rings. The van der Waals surface area contributed by atoms with Crippen molar-refractivity contribution in [3.8, 4) is 0 Å². The van der Waals surface area contributed by atoms with Crippen LogP contribution in [0.4, 0.5) is 0 Å². The molecule has 0 radical (unpaired) electrons. The number of aryl methyl sites for hydroxylation is 1. The van der Waals surface area contributed by atoms with Crippen LogP contribution < -0.4 is 0 Å². The number of hydrogen-bond acceptors (Lipinski definition) is 1. The van der Waals surface area contributed by atoms with Gasteiger partial charge in [-0.2, -0.15) is 0 Å². The van der Waals surface area contributed by atoms with E-state index in [1.807, 2.05) is 0 Å². The van der Waals surface area contributed by atoms with Crippen molar-refractivity contribution in [3.63, 3.8) is 0 Å². The SMILES string of the molecule is c1cc2c(c(C3CO3)c1)CCCC2. The highest BCUT2D eigenvalue weighted by molar-refractivity contribution is 5.39. The van der Waals surface area contributed by atoms with Gasteiger partial charge in [-0.1, -0.05) is 18.2 Å². The van der Waals surface area contributed by atoms with Crippen LogP contribution in [0, 0.1) is 0 Å². The average Bonchev–Trinajstić information content (AvgIpc) is 3.00. The van der Waals surface area contributed by atoms with Crippen LogP contribution in [0.1, 0.15) is 35.6 Å². The van der Waals surface area contributed by atoms with Crippen LogP contribution in [0.25, 0.3) is 0 Å². The van der Waals surface area contributed by atoms with E-state index in [-0.39, 0.29) is 0 Å². The van der Waals surface area contributed by atoms with E-state index >= 15 is 0 Å². The maximum Gasteiger partial charge on any atom is 0.106 e. The molecule has 3 rings (SSSR count). The van der Waals surface area contributed by atoms with Gasteiger partial charge in [-0.3, -0.25) is 0 Å². The topological polar surface area (TPSA) is 12.5 Å². The van der Waals surface area contributed by atoms with Gasteiger partial charge < -0.3 is 4.74 Å². The predicted molar refractivity (Wildman–Crippen MR) is 51.8 cm³/mol. The highest BCUT2D eigenvalue weighted by Gasteiger charge is 2.28. The third kappa shape index (κ3) is 1.28. The van der Waals surface area contributed by atoms with E-state index in [0.29, 0.717) is 6.10 Å². The first-order valence-corrected chi connectivity index (χ1v) is 5.17. The molecule has 1 heteroatoms. The van der Waals surface area contributed by atoms with Crippen molar-refractivity contribution >= 4 is 0 Å². The zero-order valence-electron chi connectivity index (χ0n) is 7.75. The van der Waals surface area contributed by atoms with Gasteiger partial charge in [0.15, 0.2) is 0 Å². The first-order chi connectivity index (χ1) is 6.45. The quantitative estimate of drug-likeness (QED) is 0.596. The normalized spacial score (nSPS) is 25.4. The first kappa shape index (κ1) is 7.57. The van der Waals surface area contributed by atoms with Gasteiger partial charge in [0.1, 0.15) is 6.10 Å². The summed E-state index contributed by atoms with van der Waals surface area (Å²) in [5, 5.41) is 0. The number of rotatable bonds is 1. The van der Waals surface area contributed by atoms with Crippen LogP contribution in [0.3, 0.4) is 0 Å². The first-order valence-electron chi connectivity index (χ1n) is 5.17. The zero-order chi connectivity index (χ0) is 8.67. The Morgan fingerprint density at radius 1 is 1.15 bits per heavy atom. The lowest BCUT2D eigenvalue weighted by Crippen LogP contribution is -2.05. The minimum atomic E-state index is 0.438. The molecule has 1 nitrogen and oxygen atoms in total. The smallest absolute Gasteiger partial charge is 0.106 e. The van der Waals surface area contributed by atoms with Gasteiger partial charge in [0.2, 0.25) is 0 Å². The fraction of sp³-hybridized carbons (Fsp3) is 0.500. The zero-order valence-corrected chi connectivity index (χ0v) is 7.75. The molecule has 1 fully saturated rings. The minimum Gasteiger partial charge on any atom is -0.368 e. The van der Waals surface area contributed by atoms with E-state index in [1.54, 1.807) is 11.1 Å². The van der Waals surface area contributed by atoms with Crippen LogP contribution >= 0.6 is 0 Å². The predicted octanol–water partition coefficient (Wildman–Crippen LogP) is 2.64. The minimum absolute atomic E-state index is 0.438. The summed E-state index contributed by atoms with van der Waals surface area (Å²) in [5.74, 6) is 0. The van der Waals surface area contributed by atoms with Crippen molar-refractivity contribution in [2.75, 3.05) is 6.61 Å². The molecule has 1 heterocycles. The Bertz CT molecular complexity index is 326. The summed E-state index contributed by atoms with van der Waals surface area (Å²) in [6.07, 6.45) is 5.70. The van der Waals surface area contributed by atoms with E-state index in [9.17, 15) is 0 Å². The molecule has 1 atom stereocenters. The second-order valence-electron chi connectivity index (χ2n) is 4.01. The summed E-state index contributed by atoms with van der Waals surface area (Å²) >= 11 is 0. The van der Waals surface area contributed by atoms with Crippen molar-refractivity contribution in [1.29, 1.82) is 0 Å². The molecule has 68 valence electrons. The molecule has 1 aromatic carbocycles. The van der Waals surface area contributed by atoms with Crippen LogP contribution in [-0.2, 0) is 17.6 Å². The molecule has 2 aliphatic rings. The Kier molecular flexibility index (Phi) is 1.66. The molecule has 0 saturated carbocycles. The van der Waals surface area contributed by atoms with E-state index in [0.717, 1.165) is 6.61 Å². The molecular weight excluding hydrogens is 160 g/mol. The summed E-state index contributed by atoms with van der Waals surface area (Å²) in [7, 11) is 0. The van der Waals surface area contributed by atoms with Crippen molar-refractivity contribution in [2.24, 2.45) is 0 Å². The van der Waals surface area contributed by atoms with Crippen molar-refractivity contribution in [3.05, 3.63) is 34.9 Å². The fourth-order valence-electron chi connectivity index (χ4n) is 2.34. The summed E-state index contributed by atoms with van der Waals surface area (Å²) in [5.41, 5.74) is 4.63. The Labute approximate surface area is 78.7 Å². The maximum absolute atomic E-state index is 5.36. The molecule has 0 amide bonds. The Balaban J connectivity index is 2.07. The summed E-state index contributed by atoms with van der Waals surface area (Å²) in [4.78, 5) is 0. The van der Waals surface area contributed by atoms with E-state index in [4.69, 9.17) is 4.74 Å². The van der Waals surface area contributed by atoms with Crippen LogP contribution in [-0.4, -0.2) is 6.61 Å². The Morgan fingerprint density at radius 2 is 2.00 bits per heavy atom. The number of ether oxygens (including phenoxy) is 1. The van der Waals surface area contributed by atoms with Crippen LogP contribution in [0.2, 0.25) is 0 Å². The largest absolute Gasteiger partial charge is 0.368 e. The van der Waals surface area contributed by atoms with Gasteiger partial charge in [-0.25, -0.2) is 0 Å². The lowest BCUT2D eigenvalue weighted by molar-refractivity contribution is 0.413. The molecule has 0 bridgehead atoms. The third-order valence-electron chi connectivity index (χ3n) is 3.11. The molecule has 1 unspecified atom stereocenters. The second kappa shape index (κ2) is 2.85. The van der Waals surface area contributed by atoms with Gasteiger partial charge in [0, 0.05) is 0 Å². The Morgan fingerprint density at radius 3 is 2.85 bits per heavy atom. The molecule has 0 N–H and O–H groups in total. The lowest BCUT2D eigenvalue weighted by Gasteiger charge is -2.18. The summed E-state index contributed by atoms with van der Waals surface area (Å²) in [6, 6.07) is 6.70. The number of benzene rings is 1. The average molecular weight is 174 g/mol. The summed E-state index contributed by atoms with van der Waals surface area (Å²) in [6.45, 7) is 0.941. The summed E-state index contributed by atoms with van der Waals surface area (Å²) < 4.78 is 5.36. The molecule has 0 aromatic heterocycles. The monoisotopic (exact) mass is 174 g/mol. The van der Waals surface area contributed by atoms with Crippen LogP contribution in [0.5, 0.6) is 0 Å².